The van der Waals surface area contributed by atoms with E-state index in [1.54, 1.807) is 18.2 Å². The number of benzene rings is 1. The molecule has 0 unspecified atom stereocenters. The molecule has 2 aromatic rings. The summed E-state index contributed by atoms with van der Waals surface area (Å²) in [7, 11) is 0. The van der Waals surface area contributed by atoms with Gasteiger partial charge in [0.15, 0.2) is 11.5 Å². The monoisotopic (exact) mass is 411 g/mol. The van der Waals surface area contributed by atoms with E-state index in [0.717, 1.165) is 17.8 Å². The summed E-state index contributed by atoms with van der Waals surface area (Å²) in [5.74, 6) is 3.74. The van der Waals surface area contributed by atoms with Crippen LogP contribution in [0.5, 0.6) is 11.5 Å². The average molecular weight is 411 g/mol. The van der Waals surface area contributed by atoms with Gasteiger partial charge in [-0.2, -0.15) is 4.98 Å². The number of hydrogen-bond donors (Lipinski definition) is 1. The minimum atomic E-state index is -0.386. The molecule has 30 heavy (non-hydrogen) atoms. The van der Waals surface area contributed by atoms with Crippen molar-refractivity contribution in [3.8, 4) is 22.9 Å². The largest absolute Gasteiger partial charge is 0.454 e. The van der Waals surface area contributed by atoms with E-state index in [4.69, 9.17) is 18.7 Å². The number of ether oxygens (including phenoxy) is 3. The Kier molecular flexibility index (Phi) is 4.23. The van der Waals surface area contributed by atoms with Gasteiger partial charge in [0.25, 0.3) is 0 Å². The van der Waals surface area contributed by atoms with Crippen LogP contribution in [-0.2, 0) is 4.74 Å². The van der Waals surface area contributed by atoms with E-state index < -0.39 is 0 Å². The van der Waals surface area contributed by atoms with Gasteiger partial charge in [0.2, 0.25) is 12.6 Å². The Balaban J connectivity index is 1.03. The quantitative estimate of drug-likeness (QED) is 0.730. The molecule has 1 aliphatic heterocycles. The van der Waals surface area contributed by atoms with Gasteiger partial charge in [0, 0.05) is 12.1 Å². The van der Waals surface area contributed by atoms with Crippen molar-refractivity contribution in [2.75, 3.05) is 19.9 Å². The number of nitrogens with zero attached hydrogens (tertiary/aromatic N) is 2. The van der Waals surface area contributed by atoms with E-state index in [-0.39, 0.29) is 24.2 Å². The van der Waals surface area contributed by atoms with Gasteiger partial charge in [0.1, 0.15) is 0 Å². The van der Waals surface area contributed by atoms with Crippen LogP contribution in [0.15, 0.2) is 22.7 Å². The molecular weight excluding hydrogens is 386 g/mol. The van der Waals surface area contributed by atoms with Crippen LogP contribution in [0.2, 0.25) is 0 Å². The lowest BCUT2D eigenvalue weighted by Gasteiger charge is -2.56. The first kappa shape index (κ1) is 18.2. The molecule has 158 valence electrons. The Morgan fingerprint density at radius 2 is 1.83 bits per heavy atom. The number of hydrogen-bond acceptors (Lipinski definition) is 7. The van der Waals surface area contributed by atoms with Crippen molar-refractivity contribution < 1.29 is 23.5 Å². The maximum absolute atomic E-state index is 12.4. The summed E-state index contributed by atoms with van der Waals surface area (Å²) in [6.07, 6.45) is 7.74. The van der Waals surface area contributed by atoms with E-state index in [9.17, 15) is 4.79 Å². The minimum Gasteiger partial charge on any atom is -0.454 e. The molecule has 1 aromatic carbocycles. The molecule has 7 rings (SSSR count). The molecule has 1 aromatic heterocycles. The Morgan fingerprint density at radius 1 is 1.10 bits per heavy atom. The Bertz CT molecular complexity index is 936. The van der Waals surface area contributed by atoms with Gasteiger partial charge in [-0.05, 0) is 74.5 Å². The smallest absolute Gasteiger partial charge is 0.316 e. The SMILES string of the molecule is O=C(NCCOC12CC3CC(CC(C3)C1)C2)c1nc(-c2ccc3c(c2)OCO3)no1. The zero-order valence-corrected chi connectivity index (χ0v) is 16.8. The van der Waals surface area contributed by atoms with Gasteiger partial charge in [-0.3, -0.25) is 4.79 Å². The topological polar surface area (TPSA) is 95.7 Å². The van der Waals surface area contributed by atoms with E-state index in [1.165, 1.54) is 38.5 Å². The van der Waals surface area contributed by atoms with Crippen LogP contribution in [0.1, 0.15) is 49.2 Å². The van der Waals surface area contributed by atoms with Crippen molar-refractivity contribution in [2.45, 2.75) is 44.1 Å². The van der Waals surface area contributed by atoms with Crippen molar-refractivity contribution >= 4 is 5.91 Å². The van der Waals surface area contributed by atoms with Crippen LogP contribution in [0.3, 0.4) is 0 Å². The maximum Gasteiger partial charge on any atom is 0.316 e. The van der Waals surface area contributed by atoms with E-state index in [1.807, 2.05) is 0 Å². The van der Waals surface area contributed by atoms with Gasteiger partial charge in [0.05, 0.1) is 12.2 Å². The fraction of sp³-hybridized carbons (Fsp3) is 0.591. The Morgan fingerprint density at radius 3 is 2.60 bits per heavy atom. The molecule has 5 aliphatic rings. The number of carbonyl (C=O) groups is 1. The Hall–Kier alpha value is -2.61. The summed E-state index contributed by atoms with van der Waals surface area (Å²) < 4.78 is 22.2. The first-order chi connectivity index (χ1) is 14.7. The third-order valence-electron chi connectivity index (χ3n) is 7.03. The molecule has 4 bridgehead atoms. The zero-order chi connectivity index (χ0) is 20.1. The van der Waals surface area contributed by atoms with Gasteiger partial charge < -0.3 is 24.1 Å². The van der Waals surface area contributed by atoms with Gasteiger partial charge in [-0.1, -0.05) is 5.16 Å². The predicted octanol–water partition coefficient (Wildman–Crippen LogP) is 3.18. The first-order valence-electron chi connectivity index (χ1n) is 10.8. The van der Waals surface area contributed by atoms with Crippen LogP contribution >= 0.6 is 0 Å². The molecular formula is C22H25N3O5. The molecule has 2 heterocycles. The van der Waals surface area contributed by atoms with E-state index in [2.05, 4.69) is 15.5 Å². The van der Waals surface area contributed by atoms with Gasteiger partial charge in [-0.15, -0.1) is 0 Å². The Labute approximate surface area is 174 Å². The number of rotatable bonds is 6. The molecule has 4 saturated carbocycles. The fourth-order valence-corrected chi connectivity index (χ4v) is 6.18. The highest BCUT2D eigenvalue weighted by molar-refractivity contribution is 5.89. The van der Waals surface area contributed by atoms with E-state index >= 15 is 0 Å². The van der Waals surface area contributed by atoms with Gasteiger partial charge in [-0.25, -0.2) is 0 Å². The van der Waals surface area contributed by atoms with Crippen molar-refractivity contribution in [1.29, 1.82) is 0 Å². The number of aromatic nitrogens is 2. The average Bonchev–Trinajstić information content (AvgIpc) is 3.39. The molecule has 4 fully saturated rings. The third kappa shape index (κ3) is 3.23. The zero-order valence-electron chi connectivity index (χ0n) is 16.8. The highest BCUT2D eigenvalue weighted by Crippen LogP contribution is 2.57. The molecule has 8 heteroatoms. The molecule has 8 nitrogen and oxygen atoms in total. The number of carbonyl (C=O) groups excluding carboxylic acids is 1. The lowest BCUT2D eigenvalue weighted by Crippen LogP contribution is -2.52. The summed E-state index contributed by atoms with van der Waals surface area (Å²) in [6, 6.07) is 5.36. The predicted molar refractivity (Wildman–Crippen MR) is 105 cm³/mol. The maximum atomic E-state index is 12.4. The lowest BCUT2D eigenvalue weighted by molar-refractivity contribution is -0.161. The number of fused-ring (bicyclic) bond motifs is 1. The minimum absolute atomic E-state index is 0.0521. The lowest BCUT2D eigenvalue weighted by atomic mass is 9.54. The second-order valence-corrected chi connectivity index (χ2v) is 9.20. The van der Waals surface area contributed by atoms with Crippen LogP contribution < -0.4 is 14.8 Å². The first-order valence-corrected chi connectivity index (χ1v) is 10.8. The third-order valence-corrected chi connectivity index (χ3v) is 7.03. The summed E-state index contributed by atoms with van der Waals surface area (Å²) >= 11 is 0. The second-order valence-electron chi connectivity index (χ2n) is 9.20. The number of nitrogens with one attached hydrogen (secondary N) is 1. The van der Waals surface area contributed by atoms with Gasteiger partial charge >= 0.3 is 11.8 Å². The van der Waals surface area contributed by atoms with Crippen molar-refractivity contribution in [2.24, 2.45) is 17.8 Å². The van der Waals surface area contributed by atoms with Crippen LogP contribution in [0, 0.1) is 17.8 Å². The fourth-order valence-electron chi connectivity index (χ4n) is 6.18. The van der Waals surface area contributed by atoms with Crippen molar-refractivity contribution in [3.63, 3.8) is 0 Å². The summed E-state index contributed by atoms with van der Waals surface area (Å²) in [6.45, 7) is 1.15. The standard InChI is InChI=1S/C22H25N3O5/c26-20(21-24-19(25-30-21)16-1-2-17-18(8-16)28-12-27-17)23-3-4-29-22-9-13-5-14(10-22)7-15(6-13)11-22/h1-2,8,13-15H,3-7,9-12H2,(H,23,26). The highest BCUT2D eigenvalue weighted by Gasteiger charge is 2.51. The molecule has 1 amide bonds. The highest BCUT2D eigenvalue weighted by atomic mass is 16.7. The normalized spacial score (nSPS) is 30.6. The van der Waals surface area contributed by atoms with Crippen LogP contribution in [0.25, 0.3) is 11.4 Å². The van der Waals surface area contributed by atoms with Crippen molar-refractivity contribution in [3.05, 3.63) is 24.1 Å². The van der Waals surface area contributed by atoms with Crippen molar-refractivity contribution in [1.82, 2.24) is 15.5 Å². The molecule has 0 radical (unpaired) electrons. The summed E-state index contributed by atoms with van der Waals surface area (Å²) in [4.78, 5) is 16.6. The molecule has 1 N–H and O–H groups in total. The number of amides is 1. The molecule has 0 atom stereocenters. The van der Waals surface area contributed by atoms with Crippen LogP contribution in [-0.4, -0.2) is 41.6 Å². The summed E-state index contributed by atoms with van der Waals surface area (Å²) in [5, 5.41) is 6.75. The van der Waals surface area contributed by atoms with E-state index in [0.29, 0.717) is 36.0 Å². The second kappa shape index (κ2) is 6.97. The molecule has 0 spiro atoms. The molecule has 4 aliphatic carbocycles. The van der Waals surface area contributed by atoms with Crippen LogP contribution in [0.4, 0.5) is 0 Å². The molecule has 0 saturated heterocycles. The summed E-state index contributed by atoms with van der Waals surface area (Å²) in [5.41, 5.74) is 0.753.